The molecule has 2 fully saturated rings. The summed E-state index contributed by atoms with van der Waals surface area (Å²) >= 11 is 0. The number of hydrogen-bond acceptors (Lipinski definition) is 8. The predicted molar refractivity (Wildman–Crippen MR) is 102 cm³/mol. The van der Waals surface area contributed by atoms with Crippen molar-refractivity contribution in [3.63, 3.8) is 0 Å². The molecule has 9 nitrogen and oxygen atoms in total. The number of amides is 1. The summed E-state index contributed by atoms with van der Waals surface area (Å²) in [5, 5.41) is 7.33. The van der Waals surface area contributed by atoms with Gasteiger partial charge in [-0.05, 0) is 31.7 Å². The highest BCUT2D eigenvalue weighted by molar-refractivity contribution is 5.89. The van der Waals surface area contributed by atoms with E-state index >= 15 is 0 Å². The largest absolute Gasteiger partial charge is 0.447 e. The van der Waals surface area contributed by atoms with Gasteiger partial charge in [-0.25, -0.2) is 9.78 Å². The minimum Gasteiger partial charge on any atom is -0.447 e. The van der Waals surface area contributed by atoms with Crippen molar-refractivity contribution in [3.8, 4) is 0 Å². The summed E-state index contributed by atoms with van der Waals surface area (Å²) in [4.78, 5) is 27.1. The van der Waals surface area contributed by atoms with E-state index in [0.29, 0.717) is 30.2 Å². The van der Waals surface area contributed by atoms with E-state index in [9.17, 15) is 4.79 Å². The van der Waals surface area contributed by atoms with Crippen LogP contribution in [0.3, 0.4) is 0 Å². The monoisotopic (exact) mass is 386 g/mol. The lowest BCUT2D eigenvalue weighted by Gasteiger charge is -2.23. The minimum atomic E-state index is -0.380. The van der Waals surface area contributed by atoms with E-state index in [4.69, 9.17) is 9.26 Å². The van der Waals surface area contributed by atoms with Gasteiger partial charge in [0.15, 0.2) is 5.82 Å². The number of rotatable bonds is 6. The van der Waals surface area contributed by atoms with E-state index in [-0.39, 0.29) is 24.1 Å². The van der Waals surface area contributed by atoms with Crippen LogP contribution in [0, 0.1) is 5.92 Å². The Balaban J connectivity index is 1.48. The third-order valence-corrected chi connectivity index (χ3v) is 5.46. The zero-order valence-electron chi connectivity index (χ0n) is 16.5. The van der Waals surface area contributed by atoms with Crippen LogP contribution in [0.1, 0.15) is 70.1 Å². The second-order valence-corrected chi connectivity index (χ2v) is 7.83. The molecular weight excluding hydrogens is 360 g/mol. The van der Waals surface area contributed by atoms with Crippen molar-refractivity contribution in [1.82, 2.24) is 20.1 Å². The second kappa shape index (κ2) is 7.73. The molecule has 0 bridgehead atoms. The molecule has 150 valence electrons. The van der Waals surface area contributed by atoms with Gasteiger partial charge < -0.3 is 14.6 Å². The highest BCUT2D eigenvalue weighted by Gasteiger charge is 2.37. The van der Waals surface area contributed by atoms with Gasteiger partial charge in [0.05, 0.1) is 6.04 Å². The molecule has 1 saturated carbocycles. The van der Waals surface area contributed by atoms with Gasteiger partial charge in [-0.3, -0.25) is 4.90 Å². The van der Waals surface area contributed by atoms with E-state index in [2.05, 4.69) is 39.3 Å². The Morgan fingerprint density at radius 2 is 2.00 bits per heavy atom. The van der Waals surface area contributed by atoms with Crippen molar-refractivity contribution in [2.24, 2.45) is 5.92 Å². The second-order valence-electron chi connectivity index (χ2n) is 7.83. The average Bonchev–Trinajstić information content (AvgIpc) is 3.42. The molecule has 0 radical (unpaired) electrons. The highest BCUT2D eigenvalue weighted by atomic mass is 16.6. The van der Waals surface area contributed by atoms with Gasteiger partial charge in [-0.1, -0.05) is 31.8 Å². The molecule has 9 heteroatoms. The Morgan fingerprint density at radius 1 is 1.21 bits per heavy atom. The fraction of sp³-hybridized carbons (Fsp3) is 0.632. The highest BCUT2D eigenvalue weighted by Crippen LogP contribution is 2.33. The van der Waals surface area contributed by atoms with Crippen molar-refractivity contribution in [3.05, 3.63) is 24.0 Å². The number of anilines is 2. The molecule has 2 aromatic rings. The zero-order valence-corrected chi connectivity index (χ0v) is 16.5. The number of ether oxygens (including phenoxy) is 1. The number of cyclic esters (lactones) is 1. The van der Waals surface area contributed by atoms with Crippen molar-refractivity contribution in [1.29, 1.82) is 0 Å². The fourth-order valence-electron chi connectivity index (χ4n) is 3.77. The van der Waals surface area contributed by atoms with Gasteiger partial charge in [0.25, 0.3) is 0 Å². The first-order valence-corrected chi connectivity index (χ1v) is 9.92. The molecule has 1 unspecified atom stereocenters. The Bertz CT molecular complexity index is 833. The Labute approximate surface area is 163 Å². The summed E-state index contributed by atoms with van der Waals surface area (Å²) in [5.41, 5.74) is 0. The number of aromatic nitrogens is 4. The quantitative estimate of drug-likeness (QED) is 0.801. The molecule has 1 saturated heterocycles. The van der Waals surface area contributed by atoms with Gasteiger partial charge in [-0.2, -0.15) is 9.97 Å². The first-order valence-electron chi connectivity index (χ1n) is 9.92. The molecule has 3 heterocycles. The Kier molecular flexibility index (Phi) is 5.15. The van der Waals surface area contributed by atoms with Crippen LogP contribution < -0.4 is 10.2 Å². The summed E-state index contributed by atoms with van der Waals surface area (Å²) in [7, 11) is 0. The van der Waals surface area contributed by atoms with Gasteiger partial charge in [0.2, 0.25) is 11.8 Å². The lowest BCUT2D eigenvalue weighted by Crippen LogP contribution is -2.37. The average molecular weight is 386 g/mol. The van der Waals surface area contributed by atoms with E-state index in [1.165, 1.54) is 12.8 Å². The fourth-order valence-corrected chi connectivity index (χ4v) is 3.77. The Hall–Kier alpha value is -2.71. The molecule has 2 aliphatic rings. The Morgan fingerprint density at radius 3 is 2.75 bits per heavy atom. The molecular formula is C19H26N6O3. The molecule has 1 N–H and O–H groups in total. The normalized spacial score (nSPS) is 21.4. The topological polar surface area (TPSA) is 106 Å². The minimum absolute atomic E-state index is 0.0439. The van der Waals surface area contributed by atoms with Crippen LogP contribution in [0.25, 0.3) is 0 Å². The van der Waals surface area contributed by atoms with Gasteiger partial charge in [0.1, 0.15) is 18.5 Å². The first kappa shape index (κ1) is 18.6. The van der Waals surface area contributed by atoms with E-state index < -0.39 is 0 Å². The number of nitrogens with zero attached hydrogens (tertiary/aromatic N) is 5. The maximum Gasteiger partial charge on any atom is 0.415 e. The third kappa shape index (κ3) is 3.65. The first-order chi connectivity index (χ1) is 13.5. The van der Waals surface area contributed by atoms with Crippen molar-refractivity contribution >= 4 is 17.9 Å². The number of carbonyl (C=O) groups excluding carboxylic acids is 1. The molecule has 0 aromatic carbocycles. The number of hydrogen-bond donors (Lipinski definition) is 1. The predicted octanol–water partition coefficient (Wildman–Crippen LogP) is 3.67. The van der Waals surface area contributed by atoms with Crippen LogP contribution in [0.2, 0.25) is 0 Å². The molecule has 0 spiro atoms. The van der Waals surface area contributed by atoms with Gasteiger partial charge in [0, 0.05) is 12.1 Å². The molecule has 2 atom stereocenters. The standard InChI is InChI=1S/C19H26N6O3/c1-11(2)14-10-27-19(26)25(14)15-8-9-20-18(22-15)21-12(3)17-23-16(24-28-17)13-6-4-5-7-13/h8-9,11-14H,4-7,10H2,1-3H3,(H,20,21,22)/t12?,14-/m1/s1. The summed E-state index contributed by atoms with van der Waals surface area (Å²) in [6.45, 7) is 6.40. The smallest absolute Gasteiger partial charge is 0.415 e. The molecule has 1 aliphatic heterocycles. The summed E-state index contributed by atoms with van der Waals surface area (Å²) in [6.07, 6.45) is 5.93. The third-order valence-electron chi connectivity index (χ3n) is 5.46. The summed E-state index contributed by atoms with van der Waals surface area (Å²) < 4.78 is 10.7. The summed E-state index contributed by atoms with van der Waals surface area (Å²) in [6, 6.07) is 1.42. The van der Waals surface area contributed by atoms with Crippen LogP contribution in [0.15, 0.2) is 16.8 Å². The van der Waals surface area contributed by atoms with Crippen LogP contribution >= 0.6 is 0 Å². The number of carbonyl (C=O) groups is 1. The lowest BCUT2D eigenvalue weighted by atomic mass is 10.0. The SMILES string of the molecule is CC(Nc1nccc(N2C(=O)OC[C@@H]2C(C)C)n1)c1nc(C2CCCC2)no1. The van der Waals surface area contributed by atoms with Crippen LogP contribution in [-0.2, 0) is 4.74 Å². The zero-order chi connectivity index (χ0) is 19.7. The van der Waals surface area contributed by atoms with E-state index in [1.54, 1.807) is 17.2 Å². The molecule has 1 aliphatic carbocycles. The van der Waals surface area contributed by atoms with Crippen LogP contribution in [0.4, 0.5) is 16.6 Å². The molecule has 2 aromatic heterocycles. The summed E-state index contributed by atoms with van der Waals surface area (Å²) in [5.74, 6) is 2.87. The number of nitrogens with one attached hydrogen (secondary N) is 1. The van der Waals surface area contributed by atoms with Crippen molar-refractivity contribution in [2.75, 3.05) is 16.8 Å². The van der Waals surface area contributed by atoms with Crippen molar-refractivity contribution < 1.29 is 14.1 Å². The van der Waals surface area contributed by atoms with Crippen LogP contribution in [0.5, 0.6) is 0 Å². The van der Waals surface area contributed by atoms with Crippen LogP contribution in [-0.4, -0.2) is 38.9 Å². The van der Waals surface area contributed by atoms with E-state index in [1.807, 2.05) is 6.92 Å². The molecule has 4 rings (SSSR count). The van der Waals surface area contributed by atoms with Gasteiger partial charge >= 0.3 is 6.09 Å². The maximum absolute atomic E-state index is 12.2. The van der Waals surface area contributed by atoms with E-state index in [0.717, 1.165) is 18.7 Å². The van der Waals surface area contributed by atoms with Gasteiger partial charge in [-0.15, -0.1) is 0 Å². The molecule has 28 heavy (non-hydrogen) atoms. The maximum atomic E-state index is 12.2. The van der Waals surface area contributed by atoms with Crippen molar-refractivity contribution in [2.45, 2.75) is 64.5 Å². The lowest BCUT2D eigenvalue weighted by molar-refractivity contribution is 0.177. The molecule has 1 amide bonds.